The zero-order valence-corrected chi connectivity index (χ0v) is 16.5. The molecule has 4 rings (SSSR count). The van der Waals surface area contributed by atoms with Crippen molar-refractivity contribution in [3.8, 4) is 0 Å². The van der Waals surface area contributed by atoms with E-state index in [1.54, 1.807) is 6.07 Å². The Morgan fingerprint density at radius 3 is 2.78 bits per heavy atom. The van der Waals surface area contributed by atoms with Crippen molar-refractivity contribution in [3.63, 3.8) is 0 Å². The minimum atomic E-state index is -0.292. The Kier molecular flexibility index (Phi) is 5.72. The van der Waals surface area contributed by atoms with Gasteiger partial charge in [-0.05, 0) is 68.3 Å². The third kappa shape index (κ3) is 4.47. The number of benzene rings is 1. The lowest BCUT2D eigenvalue weighted by Gasteiger charge is -2.48. The molecule has 0 bridgehead atoms. The highest BCUT2D eigenvalue weighted by Crippen LogP contribution is 2.41. The summed E-state index contributed by atoms with van der Waals surface area (Å²) in [5.41, 5.74) is 1.23. The molecular formula is C21H28ClFN2O2. The van der Waals surface area contributed by atoms with Crippen LogP contribution in [0, 0.1) is 11.2 Å². The van der Waals surface area contributed by atoms with Crippen LogP contribution in [0.5, 0.6) is 0 Å². The van der Waals surface area contributed by atoms with Gasteiger partial charge in [-0.1, -0.05) is 17.7 Å². The molecule has 3 aliphatic rings. The summed E-state index contributed by atoms with van der Waals surface area (Å²) < 4.78 is 19.0. The number of carbonyl (C=O) groups excluding carboxylic acids is 1. The number of carbonyl (C=O) groups is 1. The maximum atomic E-state index is 13.2. The van der Waals surface area contributed by atoms with Gasteiger partial charge in [-0.25, -0.2) is 4.39 Å². The molecule has 148 valence electrons. The molecule has 4 nitrogen and oxygen atoms in total. The maximum absolute atomic E-state index is 13.2. The first kappa shape index (κ1) is 19.2. The van der Waals surface area contributed by atoms with Crippen LogP contribution in [0.3, 0.4) is 0 Å². The SMILES string of the molecule is O=C1CCC2(CCN(Cc3ccc(F)cc3Cl)CC2)CN1C[C@H]1CCCO1. The van der Waals surface area contributed by atoms with Crippen molar-refractivity contribution in [2.75, 3.05) is 32.8 Å². The quantitative estimate of drug-likeness (QED) is 0.777. The lowest BCUT2D eigenvalue weighted by Crippen LogP contribution is -2.52. The van der Waals surface area contributed by atoms with E-state index in [9.17, 15) is 9.18 Å². The predicted octanol–water partition coefficient (Wildman–Crippen LogP) is 3.86. The van der Waals surface area contributed by atoms with Gasteiger partial charge in [-0.2, -0.15) is 0 Å². The smallest absolute Gasteiger partial charge is 0.222 e. The van der Waals surface area contributed by atoms with E-state index in [0.29, 0.717) is 11.4 Å². The first-order chi connectivity index (χ1) is 13.0. The predicted molar refractivity (Wildman–Crippen MR) is 103 cm³/mol. The first-order valence-electron chi connectivity index (χ1n) is 10.1. The Hall–Kier alpha value is -1.17. The number of ether oxygens (including phenoxy) is 1. The highest BCUT2D eigenvalue weighted by molar-refractivity contribution is 6.31. The summed E-state index contributed by atoms with van der Waals surface area (Å²) in [6, 6.07) is 4.64. The van der Waals surface area contributed by atoms with Gasteiger partial charge in [0, 0.05) is 37.7 Å². The Labute approximate surface area is 165 Å². The van der Waals surface area contributed by atoms with Gasteiger partial charge in [0.25, 0.3) is 0 Å². The topological polar surface area (TPSA) is 32.8 Å². The Morgan fingerprint density at radius 1 is 1.26 bits per heavy atom. The lowest BCUT2D eigenvalue weighted by atomic mass is 9.72. The largest absolute Gasteiger partial charge is 0.376 e. The summed E-state index contributed by atoms with van der Waals surface area (Å²) >= 11 is 6.18. The van der Waals surface area contributed by atoms with Crippen molar-refractivity contribution in [2.45, 2.75) is 51.2 Å². The first-order valence-corrected chi connectivity index (χ1v) is 10.5. The number of hydrogen-bond donors (Lipinski definition) is 0. The standard InChI is InChI=1S/C21H28ClFN2O2/c22-19-12-17(23)4-3-16(19)13-24-9-7-21(8-10-24)6-5-20(26)25(15-21)14-18-2-1-11-27-18/h3-4,12,18H,1-2,5-11,13-15H2/t18-/m1/s1. The number of likely N-dealkylation sites (tertiary alicyclic amines) is 2. The monoisotopic (exact) mass is 394 g/mol. The van der Waals surface area contributed by atoms with Crippen LogP contribution in [0.25, 0.3) is 0 Å². The molecule has 0 radical (unpaired) electrons. The van der Waals surface area contributed by atoms with Crippen LogP contribution in [-0.2, 0) is 16.1 Å². The van der Waals surface area contributed by atoms with E-state index in [-0.39, 0.29) is 23.2 Å². The van der Waals surface area contributed by atoms with Crippen LogP contribution in [0.2, 0.25) is 5.02 Å². The van der Waals surface area contributed by atoms with E-state index >= 15 is 0 Å². The van der Waals surface area contributed by atoms with E-state index in [1.807, 2.05) is 0 Å². The van der Waals surface area contributed by atoms with Crippen LogP contribution in [0.4, 0.5) is 4.39 Å². The van der Waals surface area contributed by atoms with Gasteiger partial charge in [0.2, 0.25) is 5.91 Å². The van der Waals surface area contributed by atoms with Crippen LogP contribution in [0.1, 0.15) is 44.1 Å². The van der Waals surface area contributed by atoms with Crippen LogP contribution >= 0.6 is 11.6 Å². The molecule has 0 aromatic heterocycles. The van der Waals surface area contributed by atoms with Crippen LogP contribution in [-0.4, -0.2) is 54.6 Å². The molecule has 1 aromatic carbocycles. The Bertz CT molecular complexity index is 685. The molecule has 0 aliphatic carbocycles. The zero-order valence-electron chi connectivity index (χ0n) is 15.8. The van der Waals surface area contributed by atoms with Crippen LogP contribution < -0.4 is 0 Å². The number of piperidine rings is 2. The second kappa shape index (κ2) is 8.06. The fourth-order valence-electron chi connectivity index (χ4n) is 4.79. The molecule has 27 heavy (non-hydrogen) atoms. The van der Waals surface area contributed by atoms with Crippen LogP contribution in [0.15, 0.2) is 18.2 Å². The van der Waals surface area contributed by atoms with Gasteiger partial charge in [0.1, 0.15) is 5.82 Å². The average Bonchev–Trinajstić information content (AvgIpc) is 3.16. The second-order valence-electron chi connectivity index (χ2n) is 8.42. The minimum Gasteiger partial charge on any atom is -0.376 e. The molecule has 6 heteroatoms. The number of hydrogen-bond acceptors (Lipinski definition) is 3. The summed E-state index contributed by atoms with van der Waals surface area (Å²) in [7, 11) is 0. The summed E-state index contributed by atoms with van der Waals surface area (Å²) in [4.78, 5) is 16.8. The van der Waals surface area contributed by atoms with Gasteiger partial charge in [0.15, 0.2) is 0 Å². The zero-order chi connectivity index (χ0) is 18.9. The molecule has 3 saturated heterocycles. The summed E-state index contributed by atoms with van der Waals surface area (Å²) in [5, 5.41) is 0.501. The van der Waals surface area contributed by atoms with Crippen molar-refractivity contribution in [1.82, 2.24) is 9.80 Å². The summed E-state index contributed by atoms with van der Waals surface area (Å²) in [5.74, 6) is -0.00352. The summed E-state index contributed by atoms with van der Waals surface area (Å²) in [6.07, 6.45) is 6.27. The molecule has 1 atom stereocenters. The van der Waals surface area contributed by atoms with E-state index in [0.717, 1.165) is 77.0 Å². The molecule has 3 aliphatic heterocycles. The molecule has 3 fully saturated rings. The average molecular weight is 395 g/mol. The number of rotatable bonds is 4. The van der Waals surface area contributed by atoms with E-state index < -0.39 is 0 Å². The van der Waals surface area contributed by atoms with E-state index in [2.05, 4.69) is 9.80 Å². The Morgan fingerprint density at radius 2 is 2.07 bits per heavy atom. The highest BCUT2D eigenvalue weighted by atomic mass is 35.5. The molecule has 1 spiro atoms. The fourth-order valence-corrected chi connectivity index (χ4v) is 5.01. The van der Waals surface area contributed by atoms with Gasteiger partial charge < -0.3 is 9.64 Å². The van der Waals surface area contributed by atoms with Gasteiger partial charge in [0.05, 0.1) is 6.10 Å². The molecule has 1 aromatic rings. The third-order valence-electron chi connectivity index (χ3n) is 6.52. The van der Waals surface area contributed by atoms with Gasteiger partial charge >= 0.3 is 0 Å². The number of nitrogens with zero attached hydrogens (tertiary/aromatic N) is 2. The number of amides is 1. The van der Waals surface area contributed by atoms with E-state index in [1.165, 1.54) is 12.1 Å². The van der Waals surface area contributed by atoms with Gasteiger partial charge in [-0.15, -0.1) is 0 Å². The second-order valence-corrected chi connectivity index (χ2v) is 8.83. The molecule has 3 heterocycles. The minimum absolute atomic E-state index is 0.227. The van der Waals surface area contributed by atoms with Crippen molar-refractivity contribution in [1.29, 1.82) is 0 Å². The number of halogens is 2. The van der Waals surface area contributed by atoms with Crippen molar-refractivity contribution in [3.05, 3.63) is 34.6 Å². The van der Waals surface area contributed by atoms with Crippen molar-refractivity contribution < 1.29 is 13.9 Å². The molecular weight excluding hydrogens is 367 g/mol. The maximum Gasteiger partial charge on any atom is 0.222 e. The van der Waals surface area contributed by atoms with Crippen molar-refractivity contribution >= 4 is 17.5 Å². The molecule has 1 amide bonds. The fraction of sp³-hybridized carbons (Fsp3) is 0.667. The molecule has 0 saturated carbocycles. The lowest BCUT2D eigenvalue weighted by molar-refractivity contribution is -0.141. The third-order valence-corrected chi connectivity index (χ3v) is 6.87. The molecule has 0 unspecified atom stereocenters. The molecule has 0 N–H and O–H groups in total. The van der Waals surface area contributed by atoms with E-state index in [4.69, 9.17) is 16.3 Å². The normalized spacial score (nSPS) is 26.1. The highest BCUT2D eigenvalue weighted by Gasteiger charge is 2.41. The Balaban J connectivity index is 1.33. The summed E-state index contributed by atoms with van der Waals surface area (Å²) in [6.45, 7) is 5.21. The van der Waals surface area contributed by atoms with Gasteiger partial charge in [-0.3, -0.25) is 9.69 Å². The van der Waals surface area contributed by atoms with Crippen molar-refractivity contribution in [2.24, 2.45) is 5.41 Å².